The van der Waals surface area contributed by atoms with Gasteiger partial charge in [0.05, 0.1) is 0 Å². The number of fused-ring (bicyclic) bond motifs is 4. The number of hydrogen-bond donors (Lipinski definition) is 0. The van der Waals surface area contributed by atoms with Crippen molar-refractivity contribution in [3.63, 3.8) is 0 Å². The molecule has 70 heavy (non-hydrogen) atoms. The molecule has 0 bridgehead atoms. The molecule has 0 aliphatic heterocycles. The largest absolute Gasteiger partial charge is 0.179 e. The fourth-order valence-electron chi connectivity index (χ4n) is 12.2. The third kappa shape index (κ3) is 6.41. The minimum Gasteiger partial charge on any atom is -0.0623 e. The maximum atomic E-state index is 2.45. The molecule has 0 saturated carbocycles. The van der Waals surface area contributed by atoms with Crippen molar-refractivity contribution in [2.75, 3.05) is 0 Å². The zero-order chi connectivity index (χ0) is 46.5. The first kappa shape index (κ1) is 41.8. The lowest BCUT2D eigenvalue weighted by molar-refractivity contribution is 1.62. The summed E-state index contributed by atoms with van der Waals surface area (Å²) >= 11 is 0. The third-order valence-corrected chi connectivity index (χ3v) is 24.7. The first-order valence-corrected chi connectivity index (χ1v) is 28.4. The molecule has 0 radical (unpaired) electrons. The van der Waals surface area contributed by atoms with E-state index in [0.29, 0.717) is 0 Å². The van der Waals surface area contributed by atoms with Crippen LogP contribution in [0.25, 0.3) is 66.1 Å². The molecular weight excluding hydrogens is 873 g/mol. The molecule has 0 amide bonds. The van der Waals surface area contributed by atoms with Crippen molar-refractivity contribution in [2.45, 2.75) is 0 Å². The predicted molar refractivity (Wildman–Crippen MR) is 304 cm³/mol. The minimum atomic E-state index is -2.72. The van der Waals surface area contributed by atoms with Gasteiger partial charge >= 0.3 is 0 Å². The van der Waals surface area contributed by atoms with Gasteiger partial charge in [0.1, 0.15) is 0 Å². The van der Waals surface area contributed by atoms with E-state index in [1.54, 1.807) is 0 Å². The number of benzene rings is 12. The standard InChI is InChI=1S/C68H48Si2/c1-7-25-52(26-8-1)69(53-27-9-2-10-28-53,54-29-11-3-12-30-54)58-45-41-50(42-46-58)65-60-37-19-20-38-61(60)66(68-63-40-22-24-49-23-21-39-62(64(49)63)67(65)68)51-43-47-59(48-44-51)70(55-31-13-4-14-32-55,56-33-15-5-16-34-56)57-35-17-6-18-36-57/h1-48H. The van der Waals surface area contributed by atoms with E-state index >= 15 is 0 Å². The van der Waals surface area contributed by atoms with Crippen molar-refractivity contribution < 1.29 is 0 Å². The fraction of sp³-hybridized carbons (Fsp3) is 0. The van der Waals surface area contributed by atoms with E-state index in [9.17, 15) is 0 Å². The van der Waals surface area contributed by atoms with E-state index in [4.69, 9.17) is 0 Å². The van der Waals surface area contributed by atoms with E-state index in [2.05, 4.69) is 291 Å². The molecule has 328 valence electrons. The quantitative estimate of drug-likeness (QED) is 0.0947. The van der Waals surface area contributed by atoms with Crippen molar-refractivity contribution in [3.05, 3.63) is 291 Å². The molecule has 12 aromatic carbocycles. The topological polar surface area (TPSA) is 0 Å². The Labute approximate surface area is 412 Å². The van der Waals surface area contributed by atoms with Gasteiger partial charge in [0.15, 0.2) is 16.1 Å². The van der Waals surface area contributed by atoms with Crippen LogP contribution >= 0.6 is 0 Å². The minimum absolute atomic E-state index is 1.23. The van der Waals surface area contributed by atoms with E-state index in [-0.39, 0.29) is 0 Å². The monoisotopic (exact) mass is 920 g/mol. The first-order valence-electron chi connectivity index (χ1n) is 24.4. The summed E-state index contributed by atoms with van der Waals surface area (Å²) in [6, 6.07) is 110. The van der Waals surface area contributed by atoms with Gasteiger partial charge in [-0.2, -0.15) is 0 Å². The van der Waals surface area contributed by atoms with Crippen LogP contribution in [0.5, 0.6) is 0 Å². The first-order chi connectivity index (χ1) is 34.8. The van der Waals surface area contributed by atoms with Gasteiger partial charge in [-0.25, -0.2) is 0 Å². The molecule has 0 N–H and O–H groups in total. The second-order valence-electron chi connectivity index (χ2n) is 18.6. The smallest absolute Gasteiger partial charge is 0.0623 e. The normalized spacial score (nSPS) is 12.0. The summed E-state index contributed by atoms with van der Waals surface area (Å²) in [5.74, 6) is 0. The van der Waals surface area contributed by atoms with Gasteiger partial charge < -0.3 is 0 Å². The highest BCUT2D eigenvalue weighted by atomic mass is 28.3. The molecule has 0 spiro atoms. The Bertz CT molecular complexity index is 3370. The SMILES string of the molecule is c1ccc([Si](c2ccccc2)(c2ccccc2)c2ccc(-c3c4c(c(-c5ccc([Si](c6ccccc6)(c6ccccc6)c6ccccc6)cc5)c5ccccc35)-c3cccc5cccc-4c35)cc2)cc1. The van der Waals surface area contributed by atoms with E-state index < -0.39 is 16.1 Å². The van der Waals surface area contributed by atoms with Gasteiger partial charge in [-0.15, -0.1) is 0 Å². The Morgan fingerprint density at radius 1 is 0.186 bits per heavy atom. The molecule has 0 unspecified atom stereocenters. The van der Waals surface area contributed by atoms with Gasteiger partial charge in [0, 0.05) is 0 Å². The Morgan fingerprint density at radius 2 is 0.443 bits per heavy atom. The van der Waals surface area contributed by atoms with Crippen molar-refractivity contribution in [1.29, 1.82) is 0 Å². The molecule has 0 fully saturated rings. The zero-order valence-corrected chi connectivity index (χ0v) is 40.7. The molecular formula is C68H48Si2. The fourth-order valence-corrected chi connectivity index (χ4v) is 21.7. The van der Waals surface area contributed by atoms with E-state index in [1.807, 2.05) is 0 Å². The van der Waals surface area contributed by atoms with Crippen LogP contribution in [0.3, 0.4) is 0 Å². The average molecular weight is 921 g/mol. The molecule has 2 heteroatoms. The van der Waals surface area contributed by atoms with Gasteiger partial charge in [-0.05, 0) is 108 Å². The summed E-state index contributed by atoms with van der Waals surface area (Å²) < 4.78 is 0. The van der Waals surface area contributed by atoms with Crippen LogP contribution in [0, 0.1) is 0 Å². The molecule has 0 heterocycles. The van der Waals surface area contributed by atoms with Crippen LogP contribution < -0.4 is 41.5 Å². The van der Waals surface area contributed by atoms with E-state index in [1.165, 1.54) is 108 Å². The lowest BCUT2D eigenvalue weighted by atomic mass is 9.82. The van der Waals surface area contributed by atoms with Gasteiger partial charge in [-0.1, -0.05) is 291 Å². The maximum absolute atomic E-state index is 2.72. The third-order valence-electron chi connectivity index (χ3n) is 15.1. The highest BCUT2D eigenvalue weighted by Gasteiger charge is 2.43. The predicted octanol–water partition coefficient (Wildman–Crippen LogP) is 11.7. The lowest BCUT2D eigenvalue weighted by Gasteiger charge is -2.34. The molecule has 0 saturated heterocycles. The Hall–Kier alpha value is -8.41. The van der Waals surface area contributed by atoms with Crippen LogP contribution in [0.15, 0.2) is 291 Å². The summed E-state index contributed by atoms with van der Waals surface area (Å²) in [6.07, 6.45) is 0. The molecule has 13 rings (SSSR count). The summed E-state index contributed by atoms with van der Waals surface area (Å²) in [5, 5.41) is 16.1. The van der Waals surface area contributed by atoms with Crippen molar-refractivity contribution in [3.8, 4) is 44.5 Å². The second kappa shape index (κ2) is 17.3. The Kier molecular flexibility index (Phi) is 10.3. The number of hydrogen-bond acceptors (Lipinski definition) is 0. The van der Waals surface area contributed by atoms with Crippen LogP contribution in [0.2, 0.25) is 0 Å². The van der Waals surface area contributed by atoms with Gasteiger partial charge in [0.25, 0.3) is 0 Å². The van der Waals surface area contributed by atoms with Gasteiger partial charge in [0.2, 0.25) is 0 Å². The summed E-state index contributed by atoms with van der Waals surface area (Å²) in [4.78, 5) is 0. The lowest BCUT2D eigenvalue weighted by Crippen LogP contribution is -2.74. The number of rotatable bonds is 10. The zero-order valence-electron chi connectivity index (χ0n) is 38.7. The molecule has 1 aliphatic carbocycles. The summed E-state index contributed by atoms with van der Waals surface area (Å²) in [7, 11) is -5.45. The van der Waals surface area contributed by atoms with Crippen LogP contribution in [0.1, 0.15) is 0 Å². The van der Waals surface area contributed by atoms with Crippen molar-refractivity contribution in [2.24, 2.45) is 0 Å². The molecule has 0 aromatic heterocycles. The summed E-state index contributed by atoms with van der Waals surface area (Å²) in [6.45, 7) is 0. The molecule has 0 atom stereocenters. The second-order valence-corrected chi connectivity index (χ2v) is 26.2. The summed E-state index contributed by atoms with van der Waals surface area (Å²) in [5.41, 5.74) is 10.3. The molecule has 0 nitrogen and oxygen atoms in total. The van der Waals surface area contributed by atoms with Crippen molar-refractivity contribution >= 4 is 79.2 Å². The Morgan fingerprint density at radius 3 is 0.729 bits per heavy atom. The average Bonchev–Trinajstić information content (AvgIpc) is 3.77. The highest BCUT2D eigenvalue weighted by molar-refractivity contribution is 7.20. The van der Waals surface area contributed by atoms with E-state index in [0.717, 1.165) is 0 Å². The van der Waals surface area contributed by atoms with Crippen LogP contribution in [-0.2, 0) is 0 Å². The van der Waals surface area contributed by atoms with Crippen LogP contribution in [0.4, 0.5) is 0 Å². The Balaban J connectivity index is 1.05. The maximum Gasteiger partial charge on any atom is 0.179 e. The van der Waals surface area contributed by atoms with Crippen LogP contribution in [-0.4, -0.2) is 16.1 Å². The molecule has 12 aromatic rings. The molecule has 1 aliphatic rings. The van der Waals surface area contributed by atoms with Gasteiger partial charge in [-0.3, -0.25) is 0 Å². The highest BCUT2D eigenvalue weighted by Crippen LogP contribution is 2.57. The van der Waals surface area contributed by atoms with Crippen molar-refractivity contribution in [1.82, 2.24) is 0 Å².